The van der Waals surface area contributed by atoms with Crippen molar-refractivity contribution in [3.05, 3.63) is 0 Å². The van der Waals surface area contributed by atoms with Gasteiger partial charge in [-0.1, -0.05) is 32.6 Å². The molecule has 3 fully saturated rings. The fourth-order valence-corrected chi connectivity index (χ4v) is 4.82. The second kappa shape index (κ2) is 4.08. The van der Waals surface area contributed by atoms with E-state index in [1.54, 1.807) is 12.8 Å². The number of hydrogen-bond acceptors (Lipinski definition) is 1. The van der Waals surface area contributed by atoms with E-state index in [0.717, 1.165) is 23.9 Å². The van der Waals surface area contributed by atoms with Crippen LogP contribution in [0.15, 0.2) is 0 Å². The summed E-state index contributed by atoms with van der Waals surface area (Å²) >= 11 is 0. The Morgan fingerprint density at radius 2 is 1.27 bits per heavy atom. The normalized spacial score (nSPS) is 46.2. The van der Waals surface area contributed by atoms with Crippen molar-refractivity contribution in [1.82, 2.24) is 4.90 Å². The lowest BCUT2D eigenvalue weighted by atomic mass is 9.73. The number of fused-ring (bicyclic) bond motifs is 3. The van der Waals surface area contributed by atoms with Crippen molar-refractivity contribution in [2.24, 2.45) is 11.8 Å². The Labute approximate surface area is 94.2 Å². The maximum atomic E-state index is 2.88. The first-order valence-corrected chi connectivity index (χ1v) is 7.17. The van der Waals surface area contributed by atoms with Crippen LogP contribution >= 0.6 is 0 Å². The van der Waals surface area contributed by atoms with Crippen molar-refractivity contribution in [2.75, 3.05) is 6.54 Å². The van der Waals surface area contributed by atoms with E-state index in [2.05, 4.69) is 11.8 Å². The Morgan fingerprint density at radius 3 is 1.73 bits per heavy atom. The third-order valence-electron chi connectivity index (χ3n) is 5.33. The van der Waals surface area contributed by atoms with Crippen LogP contribution in [-0.4, -0.2) is 23.5 Å². The molecule has 0 spiro atoms. The van der Waals surface area contributed by atoms with Crippen molar-refractivity contribution < 1.29 is 0 Å². The summed E-state index contributed by atoms with van der Waals surface area (Å²) in [5.41, 5.74) is 0. The second-order valence-electron chi connectivity index (χ2n) is 5.86. The van der Waals surface area contributed by atoms with Crippen LogP contribution in [0.4, 0.5) is 0 Å². The van der Waals surface area contributed by atoms with Gasteiger partial charge in [0.25, 0.3) is 0 Å². The van der Waals surface area contributed by atoms with Crippen molar-refractivity contribution in [3.63, 3.8) is 0 Å². The first-order chi connectivity index (χ1) is 7.42. The van der Waals surface area contributed by atoms with Crippen LogP contribution in [0.5, 0.6) is 0 Å². The van der Waals surface area contributed by atoms with Crippen LogP contribution in [0.3, 0.4) is 0 Å². The van der Waals surface area contributed by atoms with Gasteiger partial charge in [0.1, 0.15) is 0 Å². The zero-order chi connectivity index (χ0) is 10.3. The van der Waals surface area contributed by atoms with Crippen LogP contribution in [0.25, 0.3) is 0 Å². The van der Waals surface area contributed by atoms with E-state index in [-0.39, 0.29) is 0 Å². The third-order valence-corrected chi connectivity index (χ3v) is 5.33. The Balaban J connectivity index is 1.83. The minimum atomic E-state index is 0.983. The van der Waals surface area contributed by atoms with Gasteiger partial charge in [-0.05, 0) is 44.1 Å². The molecule has 2 saturated carbocycles. The molecule has 0 amide bonds. The maximum absolute atomic E-state index is 2.88. The molecule has 0 aromatic carbocycles. The van der Waals surface area contributed by atoms with E-state index in [4.69, 9.17) is 0 Å². The third kappa shape index (κ3) is 1.54. The molecule has 1 nitrogen and oxygen atoms in total. The van der Waals surface area contributed by atoms with E-state index in [9.17, 15) is 0 Å². The molecular weight excluding hydrogens is 182 g/mol. The topological polar surface area (TPSA) is 3.24 Å². The molecular formula is C14H25N. The van der Waals surface area contributed by atoms with Crippen LogP contribution in [0.2, 0.25) is 0 Å². The summed E-state index contributed by atoms with van der Waals surface area (Å²) in [6.45, 7) is 3.69. The van der Waals surface area contributed by atoms with Gasteiger partial charge in [-0.2, -0.15) is 0 Å². The van der Waals surface area contributed by atoms with Crippen LogP contribution in [0, 0.1) is 11.8 Å². The van der Waals surface area contributed by atoms with Crippen molar-refractivity contribution in [3.8, 4) is 0 Å². The molecule has 4 unspecified atom stereocenters. The van der Waals surface area contributed by atoms with E-state index >= 15 is 0 Å². The molecule has 3 aliphatic rings. The van der Waals surface area contributed by atoms with Gasteiger partial charge in [0.15, 0.2) is 0 Å². The summed E-state index contributed by atoms with van der Waals surface area (Å²) in [6.07, 6.45) is 12.1. The van der Waals surface area contributed by atoms with Crippen LogP contribution in [0.1, 0.15) is 58.3 Å². The first kappa shape index (κ1) is 10.1. The molecule has 15 heavy (non-hydrogen) atoms. The van der Waals surface area contributed by atoms with Gasteiger partial charge < -0.3 is 0 Å². The standard InChI is InChI=1S/C14H25N/c1-2-15-13-9-5-3-7-11(13)12-8-4-6-10-14(12)15/h11-14H,2-10H2,1H3. The quantitative estimate of drug-likeness (QED) is 0.636. The molecule has 0 aromatic heterocycles. The van der Waals surface area contributed by atoms with Gasteiger partial charge in [-0.15, -0.1) is 0 Å². The molecule has 1 heteroatoms. The smallest absolute Gasteiger partial charge is 0.0130 e. The molecule has 0 aromatic rings. The molecule has 1 aliphatic heterocycles. The molecule has 0 radical (unpaired) electrons. The number of likely N-dealkylation sites (tertiary alicyclic amines) is 1. The van der Waals surface area contributed by atoms with Gasteiger partial charge in [-0.3, -0.25) is 4.90 Å². The molecule has 0 bridgehead atoms. The second-order valence-corrected chi connectivity index (χ2v) is 5.86. The molecule has 1 saturated heterocycles. The molecule has 2 aliphatic carbocycles. The van der Waals surface area contributed by atoms with Crippen molar-refractivity contribution in [2.45, 2.75) is 70.4 Å². The summed E-state index contributed by atoms with van der Waals surface area (Å²) in [7, 11) is 0. The number of hydrogen-bond donors (Lipinski definition) is 0. The Bertz CT molecular complexity index is 172. The summed E-state index contributed by atoms with van der Waals surface area (Å²) < 4.78 is 0. The largest absolute Gasteiger partial charge is 0.297 e. The Morgan fingerprint density at radius 1 is 0.800 bits per heavy atom. The average Bonchev–Trinajstić information content (AvgIpc) is 2.63. The van der Waals surface area contributed by atoms with E-state index in [1.165, 1.54) is 45.1 Å². The predicted octanol–water partition coefficient (Wildman–Crippen LogP) is 3.44. The molecule has 1 heterocycles. The molecule has 0 N–H and O–H groups in total. The van der Waals surface area contributed by atoms with Gasteiger partial charge in [0.2, 0.25) is 0 Å². The highest BCUT2D eigenvalue weighted by molar-refractivity contribution is 5.02. The van der Waals surface area contributed by atoms with Crippen LogP contribution < -0.4 is 0 Å². The van der Waals surface area contributed by atoms with Crippen molar-refractivity contribution in [1.29, 1.82) is 0 Å². The lowest BCUT2D eigenvalue weighted by molar-refractivity contribution is 0.147. The predicted molar refractivity (Wildman–Crippen MR) is 63.9 cm³/mol. The SMILES string of the molecule is CCN1C2CCCCC2C2CCCCC21. The molecule has 3 rings (SSSR count). The van der Waals surface area contributed by atoms with Gasteiger partial charge in [-0.25, -0.2) is 0 Å². The maximum Gasteiger partial charge on any atom is 0.0130 e. The fourth-order valence-electron chi connectivity index (χ4n) is 4.82. The van der Waals surface area contributed by atoms with E-state index in [0.29, 0.717) is 0 Å². The van der Waals surface area contributed by atoms with Gasteiger partial charge >= 0.3 is 0 Å². The van der Waals surface area contributed by atoms with Gasteiger partial charge in [0.05, 0.1) is 0 Å². The highest BCUT2D eigenvalue weighted by atomic mass is 15.2. The minimum Gasteiger partial charge on any atom is -0.297 e. The average molecular weight is 207 g/mol. The van der Waals surface area contributed by atoms with Crippen LogP contribution in [-0.2, 0) is 0 Å². The van der Waals surface area contributed by atoms with Gasteiger partial charge in [0, 0.05) is 12.1 Å². The summed E-state index contributed by atoms with van der Waals surface area (Å²) in [5.74, 6) is 2.17. The Hall–Kier alpha value is -0.0400. The van der Waals surface area contributed by atoms with E-state index in [1.807, 2.05) is 0 Å². The fraction of sp³-hybridized carbons (Fsp3) is 1.00. The number of rotatable bonds is 1. The van der Waals surface area contributed by atoms with E-state index < -0.39 is 0 Å². The zero-order valence-corrected chi connectivity index (χ0v) is 10.1. The lowest BCUT2D eigenvalue weighted by Crippen LogP contribution is -2.39. The summed E-state index contributed by atoms with van der Waals surface area (Å²) in [4.78, 5) is 2.88. The monoisotopic (exact) mass is 207 g/mol. The minimum absolute atomic E-state index is 0.983. The summed E-state index contributed by atoms with van der Waals surface area (Å²) in [5, 5.41) is 0. The highest BCUT2D eigenvalue weighted by Gasteiger charge is 2.48. The Kier molecular flexibility index (Phi) is 2.76. The first-order valence-electron chi connectivity index (χ1n) is 7.17. The number of nitrogens with zero attached hydrogens (tertiary/aromatic N) is 1. The molecule has 4 atom stereocenters. The highest BCUT2D eigenvalue weighted by Crippen LogP contribution is 2.48. The molecule has 86 valence electrons. The van der Waals surface area contributed by atoms with Crippen molar-refractivity contribution >= 4 is 0 Å². The lowest BCUT2D eigenvalue weighted by Gasteiger charge is -2.33. The summed E-state index contributed by atoms with van der Waals surface area (Å²) in [6, 6.07) is 1.97. The zero-order valence-electron chi connectivity index (χ0n) is 10.1.